The van der Waals surface area contributed by atoms with Crippen molar-refractivity contribution in [2.45, 2.75) is 19.0 Å². The molecule has 1 saturated heterocycles. The van der Waals surface area contributed by atoms with E-state index < -0.39 is 12.1 Å². The summed E-state index contributed by atoms with van der Waals surface area (Å²) in [5, 5.41) is 0. The lowest BCUT2D eigenvalue weighted by atomic mass is 9.98. The summed E-state index contributed by atoms with van der Waals surface area (Å²) in [5.74, 6) is -0.722. The summed E-state index contributed by atoms with van der Waals surface area (Å²) in [6.45, 7) is 0.605. The number of hydrogen-bond donors (Lipinski definition) is 0. The van der Waals surface area contributed by atoms with Crippen LogP contribution in [0.25, 0.3) is 0 Å². The van der Waals surface area contributed by atoms with E-state index in [9.17, 15) is 13.2 Å². The smallest absolute Gasteiger partial charge is 0.355 e. The number of alkyl halides is 3. The third-order valence-corrected chi connectivity index (χ3v) is 2.76. The molecule has 1 aromatic rings. The molecule has 1 aliphatic rings. The van der Waals surface area contributed by atoms with Crippen LogP contribution < -0.4 is 4.90 Å². The molecular formula is C10H12F3N3. The predicted octanol–water partition coefficient (Wildman–Crippen LogP) is 2.26. The lowest BCUT2D eigenvalue weighted by molar-refractivity contribution is -0.176. The molecule has 2 heterocycles. The Labute approximate surface area is 91.3 Å². The molecule has 0 saturated carbocycles. The zero-order valence-corrected chi connectivity index (χ0v) is 8.61. The number of hydrogen-bond acceptors (Lipinski definition) is 3. The van der Waals surface area contributed by atoms with E-state index in [0.717, 1.165) is 0 Å². The Morgan fingerprint density at radius 1 is 1.31 bits per heavy atom. The zero-order valence-electron chi connectivity index (χ0n) is 8.61. The molecule has 0 amide bonds. The van der Waals surface area contributed by atoms with Gasteiger partial charge in [0.25, 0.3) is 0 Å². The number of anilines is 1. The Bertz CT molecular complexity index is 339. The second-order valence-corrected chi connectivity index (χ2v) is 3.89. The largest absolute Gasteiger partial charge is 0.393 e. The van der Waals surface area contributed by atoms with Crippen molar-refractivity contribution in [2.75, 3.05) is 18.0 Å². The quantitative estimate of drug-likeness (QED) is 0.742. The van der Waals surface area contributed by atoms with E-state index >= 15 is 0 Å². The Morgan fingerprint density at radius 3 is 2.75 bits per heavy atom. The Kier molecular flexibility index (Phi) is 2.98. The van der Waals surface area contributed by atoms with Crippen molar-refractivity contribution in [3.8, 4) is 0 Å². The third-order valence-electron chi connectivity index (χ3n) is 2.76. The summed E-state index contributed by atoms with van der Waals surface area (Å²) < 4.78 is 37.7. The molecule has 0 radical (unpaired) electrons. The van der Waals surface area contributed by atoms with Crippen LogP contribution in [0, 0.1) is 5.92 Å². The van der Waals surface area contributed by atoms with Crippen LogP contribution in [0.2, 0.25) is 0 Å². The summed E-state index contributed by atoms with van der Waals surface area (Å²) in [5.41, 5.74) is 0. The molecule has 0 bridgehead atoms. The molecule has 88 valence electrons. The molecular weight excluding hydrogens is 219 g/mol. The van der Waals surface area contributed by atoms with Crippen LogP contribution in [0.5, 0.6) is 0 Å². The van der Waals surface area contributed by atoms with Crippen LogP contribution in [0.3, 0.4) is 0 Å². The monoisotopic (exact) mass is 231 g/mol. The van der Waals surface area contributed by atoms with Gasteiger partial charge in [-0.05, 0) is 12.8 Å². The highest BCUT2D eigenvalue weighted by Gasteiger charge is 2.41. The van der Waals surface area contributed by atoms with E-state index in [-0.39, 0.29) is 13.0 Å². The molecule has 0 spiro atoms. The fourth-order valence-corrected chi connectivity index (χ4v) is 1.91. The number of piperidine rings is 1. The minimum Gasteiger partial charge on any atom is -0.355 e. The maximum atomic E-state index is 12.6. The fraction of sp³-hybridized carbons (Fsp3) is 0.600. The third kappa shape index (κ3) is 2.43. The van der Waals surface area contributed by atoms with Gasteiger partial charge >= 0.3 is 6.18 Å². The fourth-order valence-electron chi connectivity index (χ4n) is 1.91. The minimum absolute atomic E-state index is 0.0117. The Balaban J connectivity index is 2.08. The molecule has 0 N–H and O–H groups in total. The van der Waals surface area contributed by atoms with Gasteiger partial charge in [0.2, 0.25) is 0 Å². The molecule has 2 rings (SSSR count). The molecule has 0 aromatic carbocycles. The molecule has 6 heteroatoms. The highest BCUT2D eigenvalue weighted by molar-refractivity contribution is 5.35. The topological polar surface area (TPSA) is 29.0 Å². The first-order valence-corrected chi connectivity index (χ1v) is 5.15. The Hall–Kier alpha value is -1.33. The van der Waals surface area contributed by atoms with E-state index in [1.54, 1.807) is 4.90 Å². The standard InChI is InChI=1S/C10H12F3N3/c11-10(12,13)8-2-1-5-16(7-8)9-6-14-3-4-15-9/h3-4,6,8H,1-2,5,7H2. The maximum Gasteiger partial charge on any atom is 0.393 e. The highest BCUT2D eigenvalue weighted by Crippen LogP contribution is 2.34. The molecule has 1 atom stereocenters. The van der Waals surface area contributed by atoms with Crippen LogP contribution in [0.1, 0.15) is 12.8 Å². The first-order valence-electron chi connectivity index (χ1n) is 5.15. The van der Waals surface area contributed by atoms with E-state index in [0.29, 0.717) is 18.8 Å². The van der Waals surface area contributed by atoms with Crippen LogP contribution in [-0.4, -0.2) is 29.2 Å². The van der Waals surface area contributed by atoms with Crippen LogP contribution >= 0.6 is 0 Å². The summed E-state index contributed by atoms with van der Waals surface area (Å²) >= 11 is 0. The highest BCUT2D eigenvalue weighted by atomic mass is 19.4. The molecule has 1 unspecified atom stereocenters. The van der Waals surface area contributed by atoms with Gasteiger partial charge in [0.05, 0.1) is 12.1 Å². The molecule has 1 aromatic heterocycles. The molecule has 0 aliphatic carbocycles. The van der Waals surface area contributed by atoms with E-state index in [4.69, 9.17) is 0 Å². The van der Waals surface area contributed by atoms with Crippen molar-refractivity contribution in [3.05, 3.63) is 18.6 Å². The number of rotatable bonds is 1. The first-order chi connectivity index (χ1) is 7.57. The van der Waals surface area contributed by atoms with Gasteiger partial charge in [-0.2, -0.15) is 13.2 Å². The lowest BCUT2D eigenvalue weighted by Crippen LogP contribution is -2.42. The van der Waals surface area contributed by atoms with E-state index in [2.05, 4.69) is 9.97 Å². The van der Waals surface area contributed by atoms with Gasteiger partial charge in [0, 0.05) is 25.5 Å². The van der Waals surface area contributed by atoms with Crippen molar-refractivity contribution in [1.82, 2.24) is 9.97 Å². The van der Waals surface area contributed by atoms with Crippen molar-refractivity contribution in [2.24, 2.45) is 5.92 Å². The van der Waals surface area contributed by atoms with Gasteiger partial charge in [0.1, 0.15) is 5.82 Å². The minimum atomic E-state index is -4.11. The summed E-state index contributed by atoms with van der Waals surface area (Å²) in [4.78, 5) is 9.52. The first kappa shape index (κ1) is 11.2. The van der Waals surface area contributed by atoms with Gasteiger partial charge in [-0.25, -0.2) is 4.98 Å². The van der Waals surface area contributed by atoms with E-state index in [1.807, 2.05) is 0 Å². The normalized spacial score (nSPS) is 22.2. The SMILES string of the molecule is FC(F)(F)C1CCCN(c2cnccn2)C1. The molecule has 3 nitrogen and oxygen atoms in total. The van der Waals surface area contributed by atoms with Crippen LogP contribution in [0.15, 0.2) is 18.6 Å². The Morgan fingerprint density at radius 2 is 2.12 bits per heavy atom. The van der Waals surface area contributed by atoms with E-state index in [1.165, 1.54) is 18.6 Å². The van der Waals surface area contributed by atoms with Crippen molar-refractivity contribution >= 4 is 5.82 Å². The van der Waals surface area contributed by atoms with Gasteiger partial charge in [-0.15, -0.1) is 0 Å². The molecule has 16 heavy (non-hydrogen) atoms. The number of aromatic nitrogens is 2. The summed E-state index contributed by atoms with van der Waals surface area (Å²) in [7, 11) is 0. The predicted molar refractivity (Wildman–Crippen MR) is 53.0 cm³/mol. The van der Waals surface area contributed by atoms with Crippen LogP contribution in [0.4, 0.5) is 19.0 Å². The second-order valence-electron chi connectivity index (χ2n) is 3.89. The summed E-state index contributed by atoms with van der Waals surface area (Å²) in [6.07, 6.45) is 1.14. The van der Waals surface area contributed by atoms with Crippen molar-refractivity contribution < 1.29 is 13.2 Å². The van der Waals surface area contributed by atoms with Crippen molar-refractivity contribution in [3.63, 3.8) is 0 Å². The maximum absolute atomic E-state index is 12.6. The molecule has 1 fully saturated rings. The average Bonchev–Trinajstić information content (AvgIpc) is 2.29. The zero-order chi connectivity index (χ0) is 11.6. The van der Waals surface area contributed by atoms with Gasteiger partial charge in [0.15, 0.2) is 0 Å². The van der Waals surface area contributed by atoms with Gasteiger partial charge in [-0.3, -0.25) is 4.98 Å². The summed E-state index contributed by atoms with van der Waals surface area (Å²) in [6, 6.07) is 0. The number of nitrogens with zero attached hydrogens (tertiary/aromatic N) is 3. The molecule has 1 aliphatic heterocycles. The number of halogens is 3. The van der Waals surface area contributed by atoms with Crippen LogP contribution in [-0.2, 0) is 0 Å². The van der Waals surface area contributed by atoms with Crippen molar-refractivity contribution in [1.29, 1.82) is 0 Å². The van der Waals surface area contributed by atoms with Gasteiger partial charge < -0.3 is 4.90 Å². The lowest BCUT2D eigenvalue weighted by Gasteiger charge is -2.34. The average molecular weight is 231 g/mol. The van der Waals surface area contributed by atoms with Gasteiger partial charge in [-0.1, -0.05) is 0 Å². The second kappa shape index (κ2) is 4.27.